The summed E-state index contributed by atoms with van der Waals surface area (Å²) in [5.41, 5.74) is 0.698. The van der Waals surface area contributed by atoms with Crippen LogP contribution in [-0.4, -0.2) is 10.9 Å². The number of anilines is 1. The van der Waals surface area contributed by atoms with Crippen LogP contribution in [0.15, 0.2) is 36.7 Å². The molecular formula is C12H7Cl3N2O. The van der Waals surface area contributed by atoms with Crippen LogP contribution in [0, 0.1) is 0 Å². The number of hydrogen-bond donors (Lipinski definition) is 1. The van der Waals surface area contributed by atoms with E-state index >= 15 is 0 Å². The van der Waals surface area contributed by atoms with Crippen molar-refractivity contribution < 1.29 is 4.79 Å². The van der Waals surface area contributed by atoms with Crippen molar-refractivity contribution in [3.63, 3.8) is 0 Å². The molecule has 0 fully saturated rings. The highest BCUT2D eigenvalue weighted by Crippen LogP contribution is 2.30. The van der Waals surface area contributed by atoms with Crippen LogP contribution in [-0.2, 0) is 0 Å². The first kappa shape index (κ1) is 13.1. The van der Waals surface area contributed by atoms with Gasteiger partial charge in [0.15, 0.2) is 0 Å². The second-order valence-corrected chi connectivity index (χ2v) is 4.60. The summed E-state index contributed by atoms with van der Waals surface area (Å²) in [6.07, 6.45) is 2.89. The summed E-state index contributed by atoms with van der Waals surface area (Å²) in [4.78, 5) is 15.8. The highest BCUT2D eigenvalue weighted by molar-refractivity contribution is 6.44. The molecule has 3 nitrogen and oxygen atoms in total. The molecule has 1 aromatic carbocycles. The first-order chi connectivity index (χ1) is 8.59. The maximum atomic E-state index is 12.0. The lowest BCUT2D eigenvalue weighted by atomic mass is 10.2. The minimum atomic E-state index is -0.391. The number of nitrogens with one attached hydrogen (secondary N) is 1. The Balaban J connectivity index is 2.27. The number of nitrogens with zero attached hydrogens (tertiary/aromatic N) is 1. The van der Waals surface area contributed by atoms with Crippen LogP contribution in [0.4, 0.5) is 5.69 Å². The fourth-order valence-corrected chi connectivity index (χ4v) is 1.87. The molecule has 0 aliphatic carbocycles. The Kier molecular flexibility index (Phi) is 4.07. The number of benzene rings is 1. The summed E-state index contributed by atoms with van der Waals surface area (Å²) in [6, 6.07) is 6.51. The fourth-order valence-electron chi connectivity index (χ4n) is 1.33. The van der Waals surface area contributed by atoms with Crippen molar-refractivity contribution in [2.75, 3.05) is 5.32 Å². The smallest absolute Gasteiger partial charge is 0.258 e. The van der Waals surface area contributed by atoms with Crippen molar-refractivity contribution in [3.8, 4) is 0 Å². The number of aromatic nitrogens is 1. The summed E-state index contributed by atoms with van der Waals surface area (Å²) in [5, 5.41) is 3.60. The van der Waals surface area contributed by atoms with Crippen molar-refractivity contribution in [2.24, 2.45) is 0 Å². The highest BCUT2D eigenvalue weighted by Gasteiger charge is 2.13. The van der Waals surface area contributed by atoms with E-state index in [1.54, 1.807) is 18.2 Å². The molecule has 1 heterocycles. The molecule has 2 aromatic rings. The molecule has 92 valence electrons. The third kappa shape index (κ3) is 2.75. The van der Waals surface area contributed by atoms with Gasteiger partial charge in [0, 0.05) is 12.4 Å². The first-order valence-corrected chi connectivity index (χ1v) is 6.08. The van der Waals surface area contributed by atoms with Gasteiger partial charge in [-0.25, -0.2) is 0 Å². The van der Waals surface area contributed by atoms with E-state index < -0.39 is 5.91 Å². The third-order valence-corrected chi connectivity index (χ3v) is 3.36. The zero-order chi connectivity index (χ0) is 13.1. The molecule has 2 rings (SSSR count). The van der Waals surface area contributed by atoms with E-state index in [0.717, 1.165) is 0 Å². The van der Waals surface area contributed by atoms with E-state index in [9.17, 15) is 4.79 Å². The molecule has 0 aliphatic rings. The molecule has 1 amide bonds. The van der Waals surface area contributed by atoms with Crippen LogP contribution >= 0.6 is 34.8 Å². The Morgan fingerprint density at radius 1 is 1.11 bits per heavy atom. The minimum Gasteiger partial charge on any atom is -0.320 e. The second-order valence-electron chi connectivity index (χ2n) is 3.41. The number of carbonyl (C=O) groups excluding carboxylic acids is 1. The number of hydrogen-bond acceptors (Lipinski definition) is 2. The van der Waals surface area contributed by atoms with Gasteiger partial charge in [-0.1, -0.05) is 40.9 Å². The van der Waals surface area contributed by atoms with E-state index in [1.807, 2.05) is 0 Å². The molecule has 0 unspecified atom stereocenters. The van der Waals surface area contributed by atoms with Gasteiger partial charge in [-0.05, 0) is 18.2 Å². The fraction of sp³-hybridized carbons (Fsp3) is 0. The van der Waals surface area contributed by atoms with Gasteiger partial charge >= 0.3 is 0 Å². The normalized spacial score (nSPS) is 10.2. The van der Waals surface area contributed by atoms with Crippen LogP contribution in [0.25, 0.3) is 0 Å². The van der Waals surface area contributed by atoms with E-state index in [-0.39, 0.29) is 10.6 Å². The highest BCUT2D eigenvalue weighted by atomic mass is 35.5. The molecule has 18 heavy (non-hydrogen) atoms. The maximum absolute atomic E-state index is 12.0. The monoisotopic (exact) mass is 300 g/mol. The van der Waals surface area contributed by atoms with Crippen molar-refractivity contribution in [3.05, 3.63) is 57.3 Å². The molecule has 0 atom stereocenters. The summed E-state index contributed by atoms with van der Waals surface area (Å²) >= 11 is 17.7. The quantitative estimate of drug-likeness (QED) is 0.899. The van der Waals surface area contributed by atoms with E-state index in [2.05, 4.69) is 10.3 Å². The van der Waals surface area contributed by atoms with Gasteiger partial charge in [0.1, 0.15) is 0 Å². The Morgan fingerprint density at radius 2 is 1.89 bits per heavy atom. The van der Waals surface area contributed by atoms with Crippen LogP contribution in [0.3, 0.4) is 0 Å². The van der Waals surface area contributed by atoms with Crippen molar-refractivity contribution >= 4 is 46.4 Å². The first-order valence-electron chi connectivity index (χ1n) is 4.94. The van der Waals surface area contributed by atoms with Crippen LogP contribution < -0.4 is 5.32 Å². The van der Waals surface area contributed by atoms with Gasteiger partial charge in [-0.15, -0.1) is 0 Å². The number of amides is 1. The Morgan fingerprint density at radius 3 is 2.61 bits per heavy atom. The predicted octanol–water partition coefficient (Wildman–Crippen LogP) is 4.29. The zero-order valence-corrected chi connectivity index (χ0v) is 11.2. The second kappa shape index (κ2) is 5.57. The summed E-state index contributed by atoms with van der Waals surface area (Å²) < 4.78 is 0. The van der Waals surface area contributed by atoms with Gasteiger partial charge in [-0.2, -0.15) is 0 Å². The lowest BCUT2D eigenvalue weighted by Crippen LogP contribution is -2.13. The summed E-state index contributed by atoms with van der Waals surface area (Å²) in [7, 11) is 0. The van der Waals surface area contributed by atoms with Crippen molar-refractivity contribution in [1.82, 2.24) is 4.98 Å². The van der Waals surface area contributed by atoms with E-state index in [1.165, 1.54) is 18.5 Å². The number of rotatable bonds is 2. The van der Waals surface area contributed by atoms with Crippen molar-refractivity contribution in [2.45, 2.75) is 0 Å². The van der Waals surface area contributed by atoms with Crippen LogP contribution in [0.5, 0.6) is 0 Å². The Bertz CT molecular complexity index is 602. The molecule has 0 saturated carbocycles. The Hall–Kier alpha value is -1.29. The molecule has 0 aliphatic heterocycles. The maximum Gasteiger partial charge on any atom is 0.258 e. The molecule has 0 saturated heterocycles. The standard InChI is InChI=1S/C12H7Cl3N2O/c13-8-4-5-16-6-7(8)12(18)17-10-3-1-2-9(14)11(10)15/h1-6H,(H,17,18). The SMILES string of the molecule is O=C(Nc1cccc(Cl)c1Cl)c1cnccc1Cl. The number of carbonyl (C=O) groups is 1. The summed E-state index contributed by atoms with van der Waals surface area (Å²) in [5.74, 6) is -0.391. The Labute approximate surface area is 119 Å². The zero-order valence-electron chi connectivity index (χ0n) is 8.95. The van der Waals surface area contributed by atoms with Gasteiger partial charge in [0.05, 0.1) is 26.3 Å². The molecule has 6 heteroatoms. The lowest BCUT2D eigenvalue weighted by molar-refractivity contribution is 0.102. The lowest BCUT2D eigenvalue weighted by Gasteiger charge is -2.08. The summed E-state index contributed by atoms with van der Waals surface area (Å²) in [6.45, 7) is 0. The van der Waals surface area contributed by atoms with E-state index in [0.29, 0.717) is 15.7 Å². The number of pyridine rings is 1. The largest absolute Gasteiger partial charge is 0.320 e. The van der Waals surface area contributed by atoms with Crippen LogP contribution in [0.1, 0.15) is 10.4 Å². The molecule has 1 aromatic heterocycles. The molecular weight excluding hydrogens is 295 g/mol. The molecule has 0 bridgehead atoms. The van der Waals surface area contributed by atoms with Gasteiger partial charge in [0.25, 0.3) is 5.91 Å². The molecule has 1 N–H and O–H groups in total. The van der Waals surface area contributed by atoms with Gasteiger partial charge < -0.3 is 5.32 Å². The molecule has 0 spiro atoms. The van der Waals surface area contributed by atoms with Crippen molar-refractivity contribution in [1.29, 1.82) is 0 Å². The average Bonchev–Trinajstić information content (AvgIpc) is 2.35. The number of halogens is 3. The van der Waals surface area contributed by atoms with E-state index in [4.69, 9.17) is 34.8 Å². The average molecular weight is 302 g/mol. The van der Waals surface area contributed by atoms with Gasteiger partial charge in [0.2, 0.25) is 0 Å². The van der Waals surface area contributed by atoms with Crippen LogP contribution in [0.2, 0.25) is 15.1 Å². The predicted molar refractivity (Wildman–Crippen MR) is 73.7 cm³/mol. The molecule has 0 radical (unpaired) electrons. The topological polar surface area (TPSA) is 42.0 Å². The third-order valence-electron chi connectivity index (χ3n) is 2.21. The van der Waals surface area contributed by atoms with Gasteiger partial charge in [-0.3, -0.25) is 9.78 Å². The minimum absolute atomic E-state index is 0.273.